The van der Waals surface area contributed by atoms with Crippen LogP contribution >= 0.6 is 0 Å². The predicted molar refractivity (Wildman–Crippen MR) is 73.1 cm³/mol. The molecule has 0 fully saturated rings. The Morgan fingerprint density at radius 3 is 1.62 bits per heavy atom. The zero-order chi connectivity index (χ0) is 12.3. The molecule has 0 rings (SSSR count). The summed E-state index contributed by atoms with van der Waals surface area (Å²) < 4.78 is 11.8. The van der Waals surface area contributed by atoms with Crippen molar-refractivity contribution in [2.24, 2.45) is 0 Å². The third-order valence-electron chi connectivity index (χ3n) is 3.10. The summed E-state index contributed by atoms with van der Waals surface area (Å²) in [7, 11) is 0.00304. The molecule has 0 atom stereocenters. The first kappa shape index (κ1) is 16.1. The fourth-order valence-electron chi connectivity index (χ4n) is 2.08. The molecule has 0 spiro atoms. The van der Waals surface area contributed by atoms with Crippen molar-refractivity contribution in [1.82, 2.24) is 0 Å². The molecule has 3 heteroatoms. The lowest BCUT2D eigenvalue weighted by Crippen LogP contribution is -2.41. The molecule has 0 aliphatic carbocycles. The molecule has 0 aliphatic heterocycles. The molecule has 0 aromatic rings. The zero-order valence-electron chi connectivity index (χ0n) is 11.7. The Hall–Kier alpha value is 0.137. The maximum absolute atomic E-state index is 5.99. The highest BCUT2D eigenvalue weighted by Crippen LogP contribution is 2.24. The largest absolute Gasteiger partial charge is 0.398 e. The molecule has 98 valence electrons. The summed E-state index contributed by atoms with van der Waals surface area (Å²) in [5, 5.41) is 0. The van der Waals surface area contributed by atoms with E-state index in [0.717, 1.165) is 6.61 Å². The van der Waals surface area contributed by atoms with Crippen molar-refractivity contribution in [1.29, 1.82) is 0 Å². The van der Waals surface area contributed by atoms with Crippen LogP contribution in [0.3, 0.4) is 0 Å². The van der Waals surface area contributed by atoms with Gasteiger partial charge in [0.2, 0.25) is 0 Å². The van der Waals surface area contributed by atoms with Crippen molar-refractivity contribution in [3.63, 3.8) is 0 Å². The minimum absolute atomic E-state index is 0.804. The molecule has 2 nitrogen and oxygen atoms in total. The molecule has 0 aromatic heterocycles. The highest BCUT2D eigenvalue weighted by atomic mass is 28.4. The number of hydrogen-bond acceptors (Lipinski definition) is 2. The van der Waals surface area contributed by atoms with E-state index in [-0.39, 0.29) is 0 Å². The van der Waals surface area contributed by atoms with Gasteiger partial charge in [0.1, 0.15) is 0 Å². The minimum Gasteiger partial charge on any atom is -0.398 e. The lowest BCUT2D eigenvalue weighted by atomic mass is 10.3. The van der Waals surface area contributed by atoms with Crippen molar-refractivity contribution in [2.75, 3.05) is 13.7 Å². The minimum atomic E-state index is -1.84. The summed E-state index contributed by atoms with van der Waals surface area (Å²) in [6, 6.07) is 2.35. The molecule has 0 unspecified atom stereocenters. The Bertz CT molecular complexity index is 141. The summed E-state index contributed by atoms with van der Waals surface area (Å²) >= 11 is 0. The van der Waals surface area contributed by atoms with Gasteiger partial charge in [0.25, 0.3) is 0 Å². The molecule has 0 amide bonds. The van der Waals surface area contributed by atoms with Crippen molar-refractivity contribution >= 4 is 8.56 Å². The highest BCUT2D eigenvalue weighted by Gasteiger charge is 2.34. The second kappa shape index (κ2) is 10.3. The van der Waals surface area contributed by atoms with Gasteiger partial charge in [0.15, 0.2) is 0 Å². The van der Waals surface area contributed by atoms with Crippen LogP contribution in [-0.2, 0) is 8.85 Å². The van der Waals surface area contributed by atoms with E-state index in [1.807, 2.05) is 7.11 Å². The molecular weight excluding hydrogens is 216 g/mol. The van der Waals surface area contributed by atoms with Gasteiger partial charge in [-0.1, -0.05) is 52.4 Å². The second-order valence-corrected chi connectivity index (χ2v) is 7.98. The first-order chi connectivity index (χ1) is 7.74. The maximum atomic E-state index is 5.99. The van der Waals surface area contributed by atoms with Crippen LogP contribution in [0.4, 0.5) is 0 Å². The van der Waals surface area contributed by atoms with Crippen LogP contribution in [0.25, 0.3) is 0 Å². The molecule has 0 saturated carbocycles. The normalized spacial score (nSPS) is 12.0. The lowest BCUT2D eigenvalue weighted by molar-refractivity contribution is 0.206. The summed E-state index contributed by atoms with van der Waals surface area (Å²) in [6.45, 7) is 7.38. The van der Waals surface area contributed by atoms with E-state index >= 15 is 0 Å². The third-order valence-corrected chi connectivity index (χ3v) is 6.89. The SMILES string of the molecule is CCCCC[Si](CCCCC)(OC)OCC. The summed E-state index contributed by atoms with van der Waals surface area (Å²) in [4.78, 5) is 0. The Morgan fingerprint density at radius 2 is 1.31 bits per heavy atom. The fraction of sp³-hybridized carbons (Fsp3) is 1.00. The van der Waals surface area contributed by atoms with Crippen LogP contribution in [0.5, 0.6) is 0 Å². The van der Waals surface area contributed by atoms with Gasteiger partial charge in [-0.15, -0.1) is 0 Å². The molecule has 0 saturated heterocycles. The van der Waals surface area contributed by atoms with Gasteiger partial charge >= 0.3 is 8.56 Å². The number of rotatable bonds is 11. The van der Waals surface area contributed by atoms with Crippen LogP contribution in [0.1, 0.15) is 59.3 Å². The van der Waals surface area contributed by atoms with Crippen molar-refractivity contribution in [3.8, 4) is 0 Å². The van der Waals surface area contributed by atoms with Crippen LogP contribution in [0.15, 0.2) is 0 Å². The Morgan fingerprint density at radius 1 is 0.812 bits per heavy atom. The van der Waals surface area contributed by atoms with E-state index in [9.17, 15) is 0 Å². The Kier molecular flexibility index (Phi) is 10.4. The van der Waals surface area contributed by atoms with E-state index in [0.29, 0.717) is 0 Å². The molecule has 0 aliphatic rings. The number of unbranched alkanes of at least 4 members (excludes halogenated alkanes) is 4. The van der Waals surface area contributed by atoms with Gasteiger partial charge in [0.05, 0.1) is 0 Å². The van der Waals surface area contributed by atoms with Gasteiger partial charge in [-0.2, -0.15) is 0 Å². The first-order valence-electron chi connectivity index (χ1n) is 6.93. The van der Waals surface area contributed by atoms with Crippen LogP contribution in [-0.4, -0.2) is 22.3 Å². The topological polar surface area (TPSA) is 18.5 Å². The monoisotopic (exact) mass is 246 g/mol. The fourth-order valence-corrected chi connectivity index (χ4v) is 5.25. The van der Waals surface area contributed by atoms with E-state index < -0.39 is 8.56 Å². The molecule has 0 bridgehead atoms. The van der Waals surface area contributed by atoms with E-state index in [2.05, 4.69) is 20.8 Å². The molecule has 0 N–H and O–H groups in total. The summed E-state index contributed by atoms with van der Waals surface area (Å²) in [6.07, 6.45) is 7.69. The van der Waals surface area contributed by atoms with Gasteiger partial charge in [-0.25, -0.2) is 0 Å². The predicted octanol–water partition coefficient (Wildman–Crippen LogP) is 4.49. The van der Waals surface area contributed by atoms with Crippen molar-refractivity contribution in [2.45, 2.75) is 71.4 Å². The molecule has 0 aromatic carbocycles. The van der Waals surface area contributed by atoms with E-state index in [1.54, 1.807) is 0 Å². The van der Waals surface area contributed by atoms with Crippen LogP contribution in [0, 0.1) is 0 Å². The Labute approximate surface area is 103 Å². The van der Waals surface area contributed by atoms with E-state index in [1.165, 1.54) is 50.6 Å². The molecular formula is C13H30O2Si. The van der Waals surface area contributed by atoms with E-state index in [4.69, 9.17) is 8.85 Å². The van der Waals surface area contributed by atoms with Gasteiger partial charge in [-0.05, 0) is 19.0 Å². The molecule has 0 heterocycles. The second-order valence-electron chi connectivity index (χ2n) is 4.46. The van der Waals surface area contributed by atoms with Crippen LogP contribution < -0.4 is 0 Å². The summed E-state index contributed by atoms with van der Waals surface area (Å²) in [5.41, 5.74) is 0. The maximum Gasteiger partial charge on any atom is 0.337 e. The average Bonchev–Trinajstić information content (AvgIpc) is 2.29. The Balaban J connectivity index is 4.09. The highest BCUT2D eigenvalue weighted by molar-refractivity contribution is 6.67. The zero-order valence-corrected chi connectivity index (χ0v) is 12.7. The van der Waals surface area contributed by atoms with Gasteiger partial charge < -0.3 is 8.85 Å². The van der Waals surface area contributed by atoms with Crippen molar-refractivity contribution in [3.05, 3.63) is 0 Å². The lowest BCUT2D eigenvalue weighted by Gasteiger charge is -2.28. The summed E-state index contributed by atoms with van der Waals surface area (Å²) in [5.74, 6) is 0. The van der Waals surface area contributed by atoms with Crippen molar-refractivity contribution < 1.29 is 8.85 Å². The van der Waals surface area contributed by atoms with Gasteiger partial charge in [-0.3, -0.25) is 0 Å². The van der Waals surface area contributed by atoms with Gasteiger partial charge in [0, 0.05) is 13.7 Å². The smallest absolute Gasteiger partial charge is 0.337 e. The standard InChI is InChI=1S/C13H30O2Si/c1-5-8-10-12-16(14-4,15-7-3)13-11-9-6-2/h5-13H2,1-4H3. The first-order valence-corrected chi connectivity index (χ1v) is 9.16. The average molecular weight is 246 g/mol. The van der Waals surface area contributed by atoms with Crippen LogP contribution in [0.2, 0.25) is 12.1 Å². The molecule has 16 heavy (non-hydrogen) atoms. The third kappa shape index (κ3) is 6.66. The number of hydrogen-bond donors (Lipinski definition) is 0. The molecule has 0 radical (unpaired) electrons. The quantitative estimate of drug-likeness (QED) is 0.395.